The van der Waals surface area contributed by atoms with Crippen LogP contribution in [0, 0.1) is 11.8 Å². The van der Waals surface area contributed by atoms with Gasteiger partial charge in [-0.3, -0.25) is 14.5 Å². The largest absolute Gasteiger partial charge is 0.357 e. The Kier molecular flexibility index (Phi) is 3.70. The topological polar surface area (TPSA) is 53.2 Å². The third-order valence-electron chi connectivity index (χ3n) is 6.92. The number of hydrogen-bond donors (Lipinski definition) is 1. The average Bonchev–Trinajstić information content (AvgIpc) is 3.16. The number of aromatic amines is 1. The maximum Gasteiger partial charge on any atom is 0.239 e. The number of imide groups is 1. The van der Waals surface area contributed by atoms with Crippen LogP contribution in [0.1, 0.15) is 68.5 Å². The van der Waals surface area contributed by atoms with Crippen LogP contribution in [0.2, 0.25) is 0 Å². The molecule has 1 saturated carbocycles. The first kappa shape index (κ1) is 16.1. The molecule has 1 aliphatic heterocycles. The van der Waals surface area contributed by atoms with E-state index in [0.717, 1.165) is 36.9 Å². The Morgan fingerprint density at radius 3 is 2.77 bits per heavy atom. The van der Waals surface area contributed by atoms with Crippen LogP contribution in [0.4, 0.5) is 0 Å². The Balaban J connectivity index is 1.68. The molecular weight excluding hydrogens is 324 g/mol. The summed E-state index contributed by atoms with van der Waals surface area (Å²) >= 11 is 0. The van der Waals surface area contributed by atoms with Gasteiger partial charge in [0.15, 0.2) is 0 Å². The van der Waals surface area contributed by atoms with Gasteiger partial charge < -0.3 is 4.98 Å². The van der Waals surface area contributed by atoms with Crippen molar-refractivity contribution < 1.29 is 9.59 Å². The van der Waals surface area contributed by atoms with Crippen molar-refractivity contribution in [2.24, 2.45) is 11.8 Å². The number of para-hydroxylation sites is 1. The summed E-state index contributed by atoms with van der Waals surface area (Å²) in [4.78, 5) is 31.6. The van der Waals surface area contributed by atoms with Crippen LogP contribution in [0.15, 0.2) is 24.3 Å². The van der Waals surface area contributed by atoms with Crippen molar-refractivity contribution >= 4 is 22.7 Å². The lowest BCUT2D eigenvalue weighted by Gasteiger charge is -2.41. The van der Waals surface area contributed by atoms with Crippen molar-refractivity contribution in [1.29, 1.82) is 0 Å². The first-order valence-corrected chi connectivity index (χ1v) is 10.2. The maximum absolute atomic E-state index is 13.3. The second-order valence-electron chi connectivity index (χ2n) is 8.24. The third-order valence-corrected chi connectivity index (χ3v) is 6.92. The summed E-state index contributed by atoms with van der Waals surface area (Å²) in [6, 6.07) is 8.38. The number of aromatic nitrogens is 1. The number of nitrogens with zero attached hydrogens (tertiary/aromatic N) is 1. The molecule has 136 valence electrons. The number of nitrogens with one attached hydrogen (secondary N) is 1. The Morgan fingerprint density at radius 2 is 1.92 bits per heavy atom. The fourth-order valence-electron chi connectivity index (χ4n) is 5.80. The van der Waals surface area contributed by atoms with Crippen LogP contribution in [-0.2, 0) is 9.59 Å². The van der Waals surface area contributed by atoms with E-state index < -0.39 is 0 Å². The molecule has 1 aromatic heterocycles. The summed E-state index contributed by atoms with van der Waals surface area (Å²) in [6.45, 7) is 2.68. The zero-order valence-electron chi connectivity index (χ0n) is 15.3. The molecule has 26 heavy (non-hydrogen) atoms. The van der Waals surface area contributed by atoms with Crippen molar-refractivity contribution in [3.05, 3.63) is 35.5 Å². The number of hydrogen-bond acceptors (Lipinski definition) is 2. The van der Waals surface area contributed by atoms with Crippen molar-refractivity contribution in [3.8, 4) is 0 Å². The third kappa shape index (κ3) is 2.07. The highest BCUT2D eigenvalue weighted by Gasteiger charge is 2.57. The van der Waals surface area contributed by atoms with Gasteiger partial charge in [0.1, 0.15) is 0 Å². The SMILES string of the molecule is CCCCN1C(=O)C2c3[nH]c4ccccc4c3C3CCCCC3C2C1=O. The smallest absolute Gasteiger partial charge is 0.239 e. The van der Waals surface area contributed by atoms with Gasteiger partial charge in [-0.1, -0.05) is 44.4 Å². The van der Waals surface area contributed by atoms with Crippen molar-refractivity contribution in [2.45, 2.75) is 57.3 Å². The second kappa shape index (κ2) is 5.97. The van der Waals surface area contributed by atoms with E-state index in [1.54, 1.807) is 4.90 Å². The Hall–Kier alpha value is -2.10. The summed E-state index contributed by atoms with van der Waals surface area (Å²) in [7, 11) is 0. The van der Waals surface area contributed by atoms with Crippen LogP contribution in [0.25, 0.3) is 10.9 Å². The van der Waals surface area contributed by atoms with Gasteiger partial charge in [0.25, 0.3) is 0 Å². The molecule has 4 heteroatoms. The molecule has 0 radical (unpaired) electrons. The molecular formula is C22H26N2O2. The molecule has 2 heterocycles. The Morgan fingerprint density at radius 1 is 1.12 bits per heavy atom. The normalized spacial score (nSPS) is 30.4. The van der Waals surface area contributed by atoms with Gasteiger partial charge in [-0.2, -0.15) is 0 Å². The van der Waals surface area contributed by atoms with Gasteiger partial charge in [-0.05, 0) is 42.7 Å². The lowest BCUT2D eigenvalue weighted by molar-refractivity contribution is -0.140. The van der Waals surface area contributed by atoms with Crippen LogP contribution in [0.5, 0.6) is 0 Å². The molecule has 2 fully saturated rings. The Bertz CT molecular complexity index is 883. The lowest BCUT2D eigenvalue weighted by atomic mass is 9.61. The molecule has 4 nitrogen and oxygen atoms in total. The van der Waals surface area contributed by atoms with Crippen LogP contribution in [-0.4, -0.2) is 28.2 Å². The highest BCUT2D eigenvalue weighted by molar-refractivity contribution is 6.09. The van der Waals surface area contributed by atoms with Crippen LogP contribution < -0.4 is 0 Å². The number of unbranched alkanes of at least 4 members (excludes halogenated alkanes) is 1. The fraction of sp³-hybridized carbons (Fsp3) is 0.545. The van der Waals surface area contributed by atoms with Crippen molar-refractivity contribution in [1.82, 2.24) is 9.88 Å². The minimum atomic E-state index is -0.291. The van der Waals surface area contributed by atoms with E-state index in [9.17, 15) is 9.59 Å². The first-order valence-electron chi connectivity index (χ1n) is 10.2. The lowest BCUT2D eigenvalue weighted by Crippen LogP contribution is -2.37. The van der Waals surface area contributed by atoms with E-state index >= 15 is 0 Å². The van der Waals surface area contributed by atoms with E-state index in [4.69, 9.17) is 0 Å². The summed E-state index contributed by atoms with van der Waals surface area (Å²) in [5, 5.41) is 1.25. The summed E-state index contributed by atoms with van der Waals surface area (Å²) < 4.78 is 0. The number of benzene rings is 1. The highest BCUT2D eigenvalue weighted by atomic mass is 16.2. The van der Waals surface area contributed by atoms with E-state index in [1.165, 1.54) is 23.8 Å². The van der Waals surface area contributed by atoms with Gasteiger partial charge in [-0.25, -0.2) is 0 Å². The fourth-order valence-corrected chi connectivity index (χ4v) is 5.80. The molecule has 1 saturated heterocycles. The number of amides is 2. The predicted octanol–water partition coefficient (Wildman–Crippen LogP) is 4.32. The van der Waals surface area contributed by atoms with Gasteiger partial charge in [0.05, 0.1) is 11.8 Å². The summed E-state index contributed by atoms with van der Waals surface area (Å²) in [6.07, 6.45) is 6.50. The molecule has 1 N–H and O–H groups in total. The van der Waals surface area contributed by atoms with Crippen LogP contribution >= 0.6 is 0 Å². The molecule has 2 amide bonds. The minimum absolute atomic E-state index is 0.0327. The standard InChI is InChI=1S/C22H26N2O2/c1-2-3-12-24-21(25)18-14-9-5-4-8-13(14)17-15-10-6-7-11-16(15)23-20(17)19(18)22(24)26/h6-7,10-11,13-14,18-19,23H,2-5,8-9,12H2,1H3. The molecule has 2 aliphatic carbocycles. The molecule has 0 bridgehead atoms. The maximum atomic E-state index is 13.3. The van der Waals surface area contributed by atoms with Gasteiger partial charge in [-0.15, -0.1) is 0 Å². The molecule has 5 rings (SSSR count). The number of fused-ring (bicyclic) bond motifs is 8. The molecule has 4 atom stereocenters. The van der Waals surface area contributed by atoms with E-state index in [0.29, 0.717) is 18.4 Å². The molecule has 4 unspecified atom stereocenters. The van der Waals surface area contributed by atoms with Gasteiger partial charge >= 0.3 is 0 Å². The number of carbonyl (C=O) groups excluding carboxylic acids is 2. The van der Waals surface area contributed by atoms with Gasteiger partial charge in [0, 0.05) is 23.1 Å². The Labute approximate surface area is 153 Å². The molecule has 2 aromatic rings. The van der Waals surface area contributed by atoms with E-state index in [-0.39, 0.29) is 23.7 Å². The van der Waals surface area contributed by atoms with E-state index in [2.05, 4.69) is 30.1 Å². The van der Waals surface area contributed by atoms with Crippen molar-refractivity contribution in [2.75, 3.05) is 6.54 Å². The monoisotopic (exact) mass is 350 g/mol. The van der Waals surface area contributed by atoms with E-state index in [1.807, 2.05) is 6.07 Å². The highest BCUT2D eigenvalue weighted by Crippen LogP contribution is 2.57. The first-order chi connectivity index (χ1) is 12.7. The second-order valence-corrected chi connectivity index (χ2v) is 8.24. The number of likely N-dealkylation sites (tertiary alicyclic amines) is 1. The van der Waals surface area contributed by atoms with Crippen molar-refractivity contribution in [3.63, 3.8) is 0 Å². The van der Waals surface area contributed by atoms with Crippen LogP contribution in [0.3, 0.4) is 0 Å². The quantitative estimate of drug-likeness (QED) is 0.838. The zero-order valence-corrected chi connectivity index (χ0v) is 15.3. The average molecular weight is 350 g/mol. The molecule has 1 aromatic carbocycles. The zero-order chi connectivity index (χ0) is 17.8. The summed E-state index contributed by atoms with van der Waals surface area (Å²) in [5.74, 6) is 0.425. The summed E-state index contributed by atoms with van der Waals surface area (Å²) in [5.41, 5.74) is 3.48. The number of rotatable bonds is 3. The molecule has 0 spiro atoms. The number of carbonyl (C=O) groups is 2. The van der Waals surface area contributed by atoms with Gasteiger partial charge in [0.2, 0.25) is 11.8 Å². The number of H-pyrrole nitrogens is 1. The molecule has 3 aliphatic rings. The predicted molar refractivity (Wildman–Crippen MR) is 101 cm³/mol. The minimum Gasteiger partial charge on any atom is -0.357 e.